The van der Waals surface area contributed by atoms with Gasteiger partial charge in [0.05, 0.1) is 5.60 Å². The van der Waals surface area contributed by atoms with Crippen molar-refractivity contribution in [2.75, 3.05) is 20.2 Å². The standard InChI is InChI=1S/C10H17NO/c1-12-10(4-2-5-10)6-3-9-7-11-8-9/h3,11H,2,4-8H2,1H3. The largest absolute Gasteiger partial charge is 0.378 e. The highest BCUT2D eigenvalue weighted by Gasteiger charge is 2.35. The summed E-state index contributed by atoms with van der Waals surface area (Å²) >= 11 is 0. The first-order valence-electron chi connectivity index (χ1n) is 4.78. The molecule has 0 spiro atoms. The van der Waals surface area contributed by atoms with Gasteiger partial charge in [-0.2, -0.15) is 0 Å². The van der Waals surface area contributed by atoms with Gasteiger partial charge in [-0.15, -0.1) is 0 Å². The van der Waals surface area contributed by atoms with E-state index in [9.17, 15) is 0 Å². The van der Waals surface area contributed by atoms with Crippen molar-refractivity contribution >= 4 is 0 Å². The Balaban J connectivity index is 1.83. The average Bonchev–Trinajstić information content (AvgIpc) is 1.91. The molecule has 0 unspecified atom stereocenters. The first-order chi connectivity index (χ1) is 5.85. The number of methoxy groups -OCH3 is 1. The van der Waals surface area contributed by atoms with Crippen LogP contribution in [0, 0.1) is 0 Å². The lowest BCUT2D eigenvalue weighted by Gasteiger charge is -2.40. The molecule has 2 aliphatic rings. The highest BCUT2D eigenvalue weighted by molar-refractivity contribution is 5.15. The summed E-state index contributed by atoms with van der Waals surface area (Å²) in [6, 6.07) is 0. The average molecular weight is 167 g/mol. The molecule has 0 bridgehead atoms. The SMILES string of the molecule is COC1(CC=C2CNC2)CCC1. The van der Waals surface area contributed by atoms with Gasteiger partial charge in [-0.3, -0.25) is 0 Å². The molecule has 2 heteroatoms. The van der Waals surface area contributed by atoms with Crippen molar-refractivity contribution in [1.82, 2.24) is 5.32 Å². The molecule has 0 radical (unpaired) electrons. The third kappa shape index (κ3) is 1.41. The smallest absolute Gasteiger partial charge is 0.0713 e. The van der Waals surface area contributed by atoms with Crippen LogP contribution in [-0.4, -0.2) is 25.8 Å². The van der Waals surface area contributed by atoms with Gasteiger partial charge >= 0.3 is 0 Å². The monoisotopic (exact) mass is 167 g/mol. The number of nitrogens with one attached hydrogen (secondary N) is 1. The van der Waals surface area contributed by atoms with E-state index in [2.05, 4.69) is 11.4 Å². The summed E-state index contributed by atoms with van der Waals surface area (Å²) in [5, 5.41) is 3.24. The molecule has 0 amide bonds. The van der Waals surface area contributed by atoms with E-state index in [4.69, 9.17) is 4.74 Å². The van der Waals surface area contributed by atoms with Crippen LogP contribution in [0.1, 0.15) is 25.7 Å². The fourth-order valence-corrected chi connectivity index (χ4v) is 1.81. The summed E-state index contributed by atoms with van der Waals surface area (Å²) in [6.07, 6.45) is 7.33. The van der Waals surface area contributed by atoms with Crippen molar-refractivity contribution in [2.45, 2.75) is 31.3 Å². The predicted molar refractivity (Wildman–Crippen MR) is 49.2 cm³/mol. The minimum absolute atomic E-state index is 0.225. The van der Waals surface area contributed by atoms with Crippen LogP contribution in [0.2, 0.25) is 0 Å². The van der Waals surface area contributed by atoms with Crippen LogP contribution in [0.15, 0.2) is 11.6 Å². The van der Waals surface area contributed by atoms with Gasteiger partial charge in [0.1, 0.15) is 0 Å². The summed E-state index contributed by atoms with van der Waals surface area (Å²) in [6.45, 7) is 2.19. The molecule has 12 heavy (non-hydrogen) atoms. The van der Waals surface area contributed by atoms with Gasteiger partial charge < -0.3 is 10.1 Å². The maximum absolute atomic E-state index is 5.53. The Kier molecular flexibility index (Phi) is 2.20. The molecule has 0 aromatic rings. The van der Waals surface area contributed by atoms with Crippen LogP contribution in [0.4, 0.5) is 0 Å². The summed E-state index contributed by atoms with van der Waals surface area (Å²) in [7, 11) is 1.84. The zero-order chi connectivity index (χ0) is 8.44. The molecule has 1 N–H and O–H groups in total. The quantitative estimate of drug-likeness (QED) is 0.643. The first kappa shape index (κ1) is 8.27. The summed E-state index contributed by atoms with van der Waals surface area (Å²) < 4.78 is 5.53. The molecule has 1 aliphatic heterocycles. The Morgan fingerprint density at radius 1 is 1.50 bits per heavy atom. The van der Waals surface area contributed by atoms with Gasteiger partial charge in [-0.1, -0.05) is 6.08 Å². The minimum atomic E-state index is 0.225. The molecule has 0 atom stereocenters. The van der Waals surface area contributed by atoms with Crippen molar-refractivity contribution in [3.63, 3.8) is 0 Å². The van der Waals surface area contributed by atoms with E-state index in [1.165, 1.54) is 19.3 Å². The lowest BCUT2D eigenvalue weighted by atomic mass is 9.77. The fourth-order valence-electron chi connectivity index (χ4n) is 1.81. The molecule has 1 heterocycles. The van der Waals surface area contributed by atoms with Crippen LogP contribution < -0.4 is 5.32 Å². The molecule has 2 nitrogen and oxygen atoms in total. The normalized spacial score (nSPS) is 25.9. The summed E-state index contributed by atoms with van der Waals surface area (Å²) in [4.78, 5) is 0. The Morgan fingerprint density at radius 2 is 2.25 bits per heavy atom. The van der Waals surface area contributed by atoms with E-state index in [1.54, 1.807) is 5.57 Å². The van der Waals surface area contributed by atoms with E-state index < -0.39 is 0 Å². The molecule has 0 aromatic heterocycles. The highest BCUT2D eigenvalue weighted by atomic mass is 16.5. The maximum atomic E-state index is 5.53. The fraction of sp³-hybridized carbons (Fsp3) is 0.800. The maximum Gasteiger partial charge on any atom is 0.0713 e. The number of rotatable bonds is 3. The van der Waals surface area contributed by atoms with E-state index >= 15 is 0 Å². The van der Waals surface area contributed by atoms with E-state index in [0.717, 1.165) is 19.5 Å². The molecule has 2 rings (SSSR count). The van der Waals surface area contributed by atoms with Crippen molar-refractivity contribution in [3.05, 3.63) is 11.6 Å². The molecular weight excluding hydrogens is 150 g/mol. The topological polar surface area (TPSA) is 21.3 Å². The Hall–Kier alpha value is -0.340. The molecule has 1 saturated carbocycles. The van der Waals surface area contributed by atoms with Crippen molar-refractivity contribution in [3.8, 4) is 0 Å². The minimum Gasteiger partial charge on any atom is -0.378 e. The van der Waals surface area contributed by atoms with Gasteiger partial charge in [0.2, 0.25) is 0 Å². The molecular formula is C10H17NO. The van der Waals surface area contributed by atoms with Crippen molar-refractivity contribution < 1.29 is 4.74 Å². The second kappa shape index (κ2) is 3.19. The highest BCUT2D eigenvalue weighted by Crippen LogP contribution is 2.38. The van der Waals surface area contributed by atoms with Gasteiger partial charge in [-0.05, 0) is 31.3 Å². The third-order valence-corrected chi connectivity index (χ3v) is 3.16. The molecule has 1 aliphatic carbocycles. The number of ether oxygens (including phenoxy) is 1. The summed E-state index contributed by atoms with van der Waals surface area (Å²) in [5.74, 6) is 0. The first-order valence-corrected chi connectivity index (χ1v) is 4.78. The van der Waals surface area contributed by atoms with Crippen LogP contribution in [0.25, 0.3) is 0 Å². The van der Waals surface area contributed by atoms with Crippen molar-refractivity contribution in [2.24, 2.45) is 0 Å². The molecule has 68 valence electrons. The van der Waals surface area contributed by atoms with Gasteiger partial charge in [0, 0.05) is 20.2 Å². The number of hydrogen-bond acceptors (Lipinski definition) is 2. The molecule has 0 aromatic carbocycles. The van der Waals surface area contributed by atoms with E-state index in [-0.39, 0.29) is 5.60 Å². The van der Waals surface area contributed by atoms with Crippen LogP contribution in [-0.2, 0) is 4.74 Å². The molecule has 2 fully saturated rings. The zero-order valence-electron chi connectivity index (χ0n) is 7.73. The summed E-state index contributed by atoms with van der Waals surface area (Å²) in [5.41, 5.74) is 1.78. The number of hydrogen-bond donors (Lipinski definition) is 1. The second-order valence-electron chi connectivity index (χ2n) is 3.91. The van der Waals surface area contributed by atoms with Crippen LogP contribution in [0.3, 0.4) is 0 Å². The van der Waals surface area contributed by atoms with Gasteiger partial charge in [-0.25, -0.2) is 0 Å². The lowest BCUT2D eigenvalue weighted by Crippen LogP contribution is -2.39. The van der Waals surface area contributed by atoms with Crippen molar-refractivity contribution in [1.29, 1.82) is 0 Å². The Morgan fingerprint density at radius 3 is 2.58 bits per heavy atom. The Bertz CT molecular complexity index is 183. The Labute approximate surface area is 74.0 Å². The van der Waals surface area contributed by atoms with Gasteiger partial charge in [0.15, 0.2) is 0 Å². The van der Waals surface area contributed by atoms with Gasteiger partial charge in [0.25, 0.3) is 0 Å². The van der Waals surface area contributed by atoms with Crippen LogP contribution >= 0.6 is 0 Å². The second-order valence-corrected chi connectivity index (χ2v) is 3.91. The lowest BCUT2D eigenvalue weighted by molar-refractivity contribution is -0.0689. The molecule has 1 saturated heterocycles. The predicted octanol–water partition coefficient (Wildman–Crippen LogP) is 1.48. The third-order valence-electron chi connectivity index (χ3n) is 3.16. The van der Waals surface area contributed by atoms with E-state index in [0.29, 0.717) is 0 Å². The zero-order valence-corrected chi connectivity index (χ0v) is 7.73. The van der Waals surface area contributed by atoms with Crippen LogP contribution in [0.5, 0.6) is 0 Å². The van der Waals surface area contributed by atoms with E-state index in [1.807, 2.05) is 7.11 Å².